The van der Waals surface area contributed by atoms with Crippen molar-refractivity contribution in [3.63, 3.8) is 0 Å². The summed E-state index contributed by atoms with van der Waals surface area (Å²) in [6.45, 7) is 1.03. The van der Waals surface area contributed by atoms with E-state index in [1.807, 2.05) is 0 Å². The molecule has 0 aromatic carbocycles. The number of aliphatic hydroxyl groups excluding tert-OH is 2. The topological polar surface area (TPSA) is 126 Å². The zero-order valence-corrected chi connectivity index (χ0v) is 13.0. The second-order valence-electron chi connectivity index (χ2n) is 5.58. The normalized spacial score (nSPS) is 31.0. The van der Waals surface area contributed by atoms with E-state index in [9.17, 15) is 15.3 Å². The zero-order valence-electron chi connectivity index (χ0n) is 13.0. The molecule has 4 atom stereocenters. The molecule has 0 saturated carbocycles. The molecule has 2 aromatic rings. The molecule has 1 saturated heterocycles. The molecule has 3 rings (SSSR count). The van der Waals surface area contributed by atoms with Gasteiger partial charge < -0.3 is 20.1 Å². The number of hydroxylamine groups is 1. The lowest BCUT2D eigenvalue weighted by Gasteiger charge is -2.27. The average Bonchev–Trinajstić information content (AvgIpc) is 3.06. The van der Waals surface area contributed by atoms with E-state index in [0.29, 0.717) is 17.0 Å². The lowest BCUT2D eigenvalue weighted by atomic mass is 9.96. The van der Waals surface area contributed by atoms with Crippen molar-refractivity contribution < 1.29 is 24.9 Å². The minimum absolute atomic E-state index is 0.410. The third kappa shape index (κ3) is 2.35. The molecule has 0 amide bonds. The number of aromatic nitrogens is 4. The van der Waals surface area contributed by atoms with Crippen LogP contribution >= 0.6 is 0 Å². The molecule has 0 unspecified atom stereocenters. The Kier molecular flexibility index (Phi) is 3.94. The summed E-state index contributed by atoms with van der Waals surface area (Å²) in [4.78, 5) is 17.7. The lowest BCUT2D eigenvalue weighted by Crippen LogP contribution is -2.44. The van der Waals surface area contributed by atoms with Gasteiger partial charge in [0.1, 0.15) is 24.1 Å². The number of hydrogen-bond acceptors (Lipinski definition) is 9. The molecule has 1 fully saturated rings. The Bertz CT molecular complexity index is 705. The highest BCUT2D eigenvalue weighted by Gasteiger charge is 2.53. The number of imidazole rings is 1. The van der Waals surface area contributed by atoms with Crippen LogP contribution in [-0.2, 0) is 9.57 Å². The van der Waals surface area contributed by atoms with E-state index in [4.69, 9.17) is 9.57 Å². The highest BCUT2D eigenvalue weighted by molar-refractivity contribution is 5.82. The van der Waals surface area contributed by atoms with Crippen molar-refractivity contribution >= 4 is 17.0 Å². The van der Waals surface area contributed by atoms with Gasteiger partial charge in [-0.05, 0) is 6.92 Å². The molecule has 23 heavy (non-hydrogen) atoms. The summed E-state index contributed by atoms with van der Waals surface area (Å²) in [5.74, 6) is 0.452. The second kappa shape index (κ2) is 5.65. The monoisotopic (exact) mass is 325 g/mol. The number of fused-ring (bicyclic) bond motifs is 1. The Balaban J connectivity index is 2.08. The van der Waals surface area contributed by atoms with Gasteiger partial charge in [0, 0.05) is 7.05 Å². The predicted octanol–water partition coefficient (Wildman–Crippen LogP) is -1.17. The third-order valence-corrected chi connectivity index (χ3v) is 4.10. The van der Waals surface area contributed by atoms with Crippen molar-refractivity contribution in [1.82, 2.24) is 19.5 Å². The smallest absolute Gasteiger partial charge is 0.183 e. The van der Waals surface area contributed by atoms with E-state index >= 15 is 0 Å². The van der Waals surface area contributed by atoms with Crippen LogP contribution < -0.4 is 5.06 Å². The standard InChI is InChI=1S/C13H19N5O5/c1-13(21)9(20)7(4-19)23-12(13)18-6-16-8-10(17(2)22-3)14-5-15-11(8)18/h5-7,9,12,19-21H,4H2,1-3H3/t7-,9-,12-,13-/m1/s1. The van der Waals surface area contributed by atoms with E-state index in [1.165, 1.54) is 36.3 Å². The van der Waals surface area contributed by atoms with Gasteiger partial charge in [0.15, 0.2) is 23.2 Å². The minimum Gasteiger partial charge on any atom is -0.394 e. The second-order valence-corrected chi connectivity index (χ2v) is 5.58. The number of ether oxygens (including phenoxy) is 1. The van der Waals surface area contributed by atoms with Crippen LogP contribution in [0, 0.1) is 0 Å². The first-order valence-electron chi connectivity index (χ1n) is 7.04. The molecule has 0 aliphatic carbocycles. The van der Waals surface area contributed by atoms with Crippen LogP contribution in [0.4, 0.5) is 5.82 Å². The molecule has 0 radical (unpaired) electrons. The maximum Gasteiger partial charge on any atom is 0.183 e. The van der Waals surface area contributed by atoms with Crippen molar-refractivity contribution in [2.45, 2.75) is 31.0 Å². The maximum absolute atomic E-state index is 10.6. The predicted molar refractivity (Wildman–Crippen MR) is 78.4 cm³/mol. The van der Waals surface area contributed by atoms with Crippen molar-refractivity contribution in [3.8, 4) is 0 Å². The van der Waals surface area contributed by atoms with E-state index in [2.05, 4.69) is 15.0 Å². The molecule has 10 heteroatoms. The number of nitrogens with zero attached hydrogens (tertiary/aromatic N) is 5. The summed E-state index contributed by atoms with van der Waals surface area (Å²) in [6.07, 6.45) is -0.295. The summed E-state index contributed by atoms with van der Waals surface area (Å²) in [7, 11) is 3.17. The lowest BCUT2D eigenvalue weighted by molar-refractivity contribution is -0.0950. The van der Waals surface area contributed by atoms with Crippen LogP contribution in [0.2, 0.25) is 0 Å². The zero-order chi connectivity index (χ0) is 16.8. The van der Waals surface area contributed by atoms with Crippen molar-refractivity contribution in [3.05, 3.63) is 12.7 Å². The van der Waals surface area contributed by atoms with Gasteiger partial charge in [0.05, 0.1) is 20.0 Å². The summed E-state index contributed by atoms with van der Waals surface area (Å²) < 4.78 is 7.09. The number of rotatable bonds is 4. The molecule has 10 nitrogen and oxygen atoms in total. The molecule has 0 spiro atoms. The fourth-order valence-electron chi connectivity index (χ4n) is 2.72. The van der Waals surface area contributed by atoms with Crippen molar-refractivity contribution in [2.75, 3.05) is 25.8 Å². The molecule has 3 heterocycles. The summed E-state index contributed by atoms with van der Waals surface area (Å²) in [6, 6.07) is 0. The molecule has 0 bridgehead atoms. The van der Waals surface area contributed by atoms with Crippen LogP contribution in [0.15, 0.2) is 12.7 Å². The molecule has 1 aliphatic heterocycles. The van der Waals surface area contributed by atoms with Crippen molar-refractivity contribution in [2.24, 2.45) is 0 Å². The Morgan fingerprint density at radius 3 is 2.78 bits per heavy atom. The van der Waals surface area contributed by atoms with Gasteiger partial charge in [0.2, 0.25) is 0 Å². The minimum atomic E-state index is -1.61. The van der Waals surface area contributed by atoms with E-state index in [-0.39, 0.29) is 0 Å². The first-order valence-corrected chi connectivity index (χ1v) is 7.04. The average molecular weight is 325 g/mol. The molecular weight excluding hydrogens is 306 g/mol. The Hall–Kier alpha value is -1.85. The number of hydrogen-bond donors (Lipinski definition) is 3. The van der Waals surface area contributed by atoms with Gasteiger partial charge in [-0.15, -0.1) is 0 Å². The van der Waals surface area contributed by atoms with E-state index < -0.39 is 30.6 Å². The fraction of sp³-hybridized carbons (Fsp3) is 0.615. The number of aliphatic hydroxyl groups is 3. The Morgan fingerprint density at radius 1 is 1.43 bits per heavy atom. The third-order valence-electron chi connectivity index (χ3n) is 4.10. The van der Waals surface area contributed by atoms with Gasteiger partial charge in [-0.2, -0.15) is 0 Å². The van der Waals surface area contributed by atoms with Crippen molar-refractivity contribution in [1.29, 1.82) is 0 Å². The first-order chi connectivity index (χ1) is 10.9. The summed E-state index contributed by atoms with van der Waals surface area (Å²) in [5.41, 5.74) is -0.743. The maximum atomic E-state index is 10.6. The Morgan fingerprint density at radius 2 is 2.17 bits per heavy atom. The first kappa shape index (κ1) is 16.0. The number of anilines is 1. The molecule has 126 valence electrons. The van der Waals surface area contributed by atoms with Gasteiger partial charge in [-0.3, -0.25) is 9.40 Å². The van der Waals surface area contributed by atoms with Gasteiger partial charge in [0.25, 0.3) is 0 Å². The highest BCUT2D eigenvalue weighted by Crippen LogP contribution is 2.39. The molecular formula is C13H19N5O5. The van der Waals surface area contributed by atoms with Crippen LogP contribution in [-0.4, -0.2) is 73.4 Å². The summed E-state index contributed by atoms with van der Waals surface area (Å²) in [5, 5.41) is 31.4. The van der Waals surface area contributed by atoms with Gasteiger partial charge >= 0.3 is 0 Å². The van der Waals surface area contributed by atoms with Crippen LogP contribution in [0.5, 0.6) is 0 Å². The quantitative estimate of drug-likeness (QED) is 0.596. The van der Waals surface area contributed by atoms with E-state index in [0.717, 1.165) is 0 Å². The van der Waals surface area contributed by atoms with Crippen LogP contribution in [0.1, 0.15) is 13.2 Å². The van der Waals surface area contributed by atoms with Crippen LogP contribution in [0.3, 0.4) is 0 Å². The Labute approximate surface area is 131 Å². The van der Waals surface area contributed by atoms with Gasteiger partial charge in [-0.25, -0.2) is 20.0 Å². The van der Waals surface area contributed by atoms with Crippen LogP contribution in [0.25, 0.3) is 11.2 Å². The largest absolute Gasteiger partial charge is 0.394 e. The summed E-state index contributed by atoms with van der Waals surface area (Å²) >= 11 is 0. The van der Waals surface area contributed by atoms with Gasteiger partial charge in [-0.1, -0.05) is 0 Å². The molecule has 1 aliphatic rings. The highest BCUT2D eigenvalue weighted by atomic mass is 16.7. The fourth-order valence-corrected chi connectivity index (χ4v) is 2.72. The molecule has 2 aromatic heterocycles. The van der Waals surface area contributed by atoms with E-state index in [1.54, 1.807) is 7.05 Å². The molecule has 3 N–H and O–H groups in total. The SMILES string of the molecule is CON(C)c1ncnc2c1ncn2[C@@H]1O[C@H](CO)[C@@H](O)[C@@]1(C)O.